The van der Waals surface area contributed by atoms with E-state index in [1.54, 1.807) is 36.4 Å². The van der Waals surface area contributed by atoms with Gasteiger partial charge in [0.15, 0.2) is 11.5 Å². The quantitative estimate of drug-likeness (QED) is 0.826. The van der Waals surface area contributed by atoms with E-state index in [0.29, 0.717) is 46.4 Å². The van der Waals surface area contributed by atoms with E-state index in [1.807, 2.05) is 4.90 Å². The molecule has 2 aromatic carbocycles. The molecule has 0 aromatic heterocycles. The van der Waals surface area contributed by atoms with Crippen LogP contribution in [0.25, 0.3) is 0 Å². The van der Waals surface area contributed by atoms with Crippen molar-refractivity contribution in [3.05, 3.63) is 52.5 Å². The molecule has 0 aliphatic carbocycles. The van der Waals surface area contributed by atoms with Crippen LogP contribution in [0.2, 0.25) is 5.02 Å². The zero-order valence-corrected chi connectivity index (χ0v) is 15.9. The van der Waals surface area contributed by atoms with Gasteiger partial charge in [0.25, 0.3) is 11.8 Å². The van der Waals surface area contributed by atoms with Gasteiger partial charge in [-0.2, -0.15) is 0 Å². The van der Waals surface area contributed by atoms with Crippen molar-refractivity contribution in [2.45, 2.75) is 6.42 Å². The highest BCUT2D eigenvalue weighted by Gasteiger charge is 2.20. The molecule has 2 aliphatic rings. The van der Waals surface area contributed by atoms with E-state index >= 15 is 0 Å². The van der Waals surface area contributed by atoms with E-state index in [1.165, 1.54) is 0 Å². The van der Waals surface area contributed by atoms with Crippen molar-refractivity contribution in [2.75, 3.05) is 38.3 Å². The van der Waals surface area contributed by atoms with Gasteiger partial charge in [-0.1, -0.05) is 11.6 Å². The summed E-state index contributed by atoms with van der Waals surface area (Å²) in [5.41, 5.74) is 1.30. The van der Waals surface area contributed by atoms with E-state index < -0.39 is 0 Å². The van der Waals surface area contributed by atoms with Crippen LogP contribution in [0, 0.1) is 0 Å². The van der Waals surface area contributed by atoms with Crippen LogP contribution in [0.5, 0.6) is 11.5 Å². The summed E-state index contributed by atoms with van der Waals surface area (Å²) in [6.45, 7) is 3.17. The monoisotopic (exact) mass is 401 g/mol. The van der Waals surface area contributed by atoms with E-state index in [2.05, 4.69) is 10.6 Å². The van der Waals surface area contributed by atoms with Crippen molar-refractivity contribution >= 4 is 29.1 Å². The number of halogens is 1. The smallest absolute Gasteiger partial charge is 0.255 e. The normalized spacial score (nSPS) is 15.8. The Bertz CT molecular complexity index is 910. The van der Waals surface area contributed by atoms with Crippen LogP contribution < -0.4 is 20.1 Å². The Hall–Kier alpha value is -2.77. The molecule has 0 atom stereocenters. The molecule has 8 heteroatoms. The molecule has 7 nitrogen and oxygen atoms in total. The third-order valence-corrected chi connectivity index (χ3v) is 5.05. The number of rotatable bonds is 3. The molecule has 1 fully saturated rings. The van der Waals surface area contributed by atoms with Crippen LogP contribution in [0.4, 0.5) is 5.69 Å². The molecular formula is C20H20ClN3O4. The van der Waals surface area contributed by atoms with Gasteiger partial charge in [0.2, 0.25) is 6.79 Å². The summed E-state index contributed by atoms with van der Waals surface area (Å²) < 4.78 is 10.6. The molecule has 0 radical (unpaired) electrons. The number of ether oxygens (including phenoxy) is 2. The topological polar surface area (TPSA) is 79.9 Å². The molecule has 2 heterocycles. The van der Waals surface area contributed by atoms with Crippen LogP contribution in [0.3, 0.4) is 0 Å². The highest BCUT2D eigenvalue weighted by Crippen LogP contribution is 2.33. The maximum Gasteiger partial charge on any atom is 0.255 e. The Morgan fingerprint density at radius 3 is 2.71 bits per heavy atom. The fraction of sp³-hybridized carbons (Fsp3) is 0.300. The Balaban J connectivity index is 1.52. The molecule has 146 valence electrons. The van der Waals surface area contributed by atoms with Crippen molar-refractivity contribution in [2.24, 2.45) is 0 Å². The zero-order valence-electron chi connectivity index (χ0n) is 15.2. The number of amides is 2. The standard InChI is InChI=1S/C20H20ClN3O4/c21-15-4-2-14(20(26)24-8-1-6-22-7-9-24)10-16(15)23-19(25)13-3-5-17-18(11-13)28-12-27-17/h2-5,10-11,22H,1,6-9,12H2,(H,23,25). The Morgan fingerprint density at radius 2 is 1.82 bits per heavy atom. The number of benzene rings is 2. The second-order valence-electron chi connectivity index (χ2n) is 6.61. The molecule has 28 heavy (non-hydrogen) atoms. The summed E-state index contributed by atoms with van der Waals surface area (Å²) in [7, 11) is 0. The van der Waals surface area contributed by atoms with E-state index in [-0.39, 0.29) is 18.6 Å². The summed E-state index contributed by atoms with van der Waals surface area (Å²) in [4.78, 5) is 27.2. The average Bonchev–Trinajstić information content (AvgIpc) is 3.01. The lowest BCUT2D eigenvalue weighted by Crippen LogP contribution is -2.34. The Kier molecular flexibility index (Phi) is 5.36. The fourth-order valence-electron chi connectivity index (χ4n) is 3.22. The van der Waals surface area contributed by atoms with Crippen molar-refractivity contribution in [1.82, 2.24) is 10.2 Å². The number of nitrogens with one attached hydrogen (secondary N) is 2. The summed E-state index contributed by atoms with van der Waals surface area (Å²) in [5.74, 6) is 0.717. The van der Waals surface area contributed by atoms with Gasteiger partial charge < -0.3 is 25.0 Å². The number of carbonyl (C=O) groups is 2. The number of hydrogen-bond acceptors (Lipinski definition) is 5. The maximum absolute atomic E-state index is 12.8. The number of carbonyl (C=O) groups excluding carboxylic acids is 2. The summed E-state index contributed by atoms with van der Waals surface area (Å²) in [6.07, 6.45) is 0.910. The van der Waals surface area contributed by atoms with Crippen LogP contribution in [0.1, 0.15) is 27.1 Å². The lowest BCUT2D eigenvalue weighted by Gasteiger charge is -2.20. The summed E-state index contributed by atoms with van der Waals surface area (Å²) >= 11 is 6.24. The molecule has 2 aromatic rings. The second kappa shape index (κ2) is 8.08. The largest absolute Gasteiger partial charge is 0.454 e. The highest BCUT2D eigenvalue weighted by molar-refractivity contribution is 6.34. The Labute approximate surface area is 167 Å². The molecule has 0 spiro atoms. The second-order valence-corrected chi connectivity index (χ2v) is 7.02. The first-order valence-electron chi connectivity index (χ1n) is 9.12. The van der Waals surface area contributed by atoms with Gasteiger partial charge in [0.1, 0.15) is 0 Å². The highest BCUT2D eigenvalue weighted by atomic mass is 35.5. The predicted molar refractivity (Wildman–Crippen MR) is 105 cm³/mol. The van der Waals surface area contributed by atoms with Crippen molar-refractivity contribution in [3.63, 3.8) is 0 Å². The minimum atomic E-state index is -0.344. The van der Waals surface area contributed by atoms with Gasteiger partial charge >= 0.3 is 0 Å². The van der Waals surface area contributed by atoms with Gasteiger partial charge in [-0.15, -0.1) is 0 Å². The SMILES string of the molecule is O=C(Nc1cc(C(=O)N2CCCNCC2)ccc1Cl)c1ccc2c(c1)OCO2. The van der Waals surface area contributed by atoms with Gasteiger partial charge in [-0.25, -0.2) is 0 Å². The first-order valence-corrected chi connectivity index (χ1v) is 9.50. The van der Waals surface area contributed by atoms with E-state index in [9.17, 15) is 9.59 Å². The van der Waals surface area contributed by atoms with E-state index in [0.717, 1.165) is 19.5 Å². The third kappa shape index (κ3) is 3.90. The fourth-order valence-corrected chi connectivity index (χ4v) is 3.38. The first kappa shape index (κ1) is 18.6. The van der Waals surface area contributed by atoms with Gasteiger partial charge in [0.05, 0.1) is 10.7 Å². The summed E-state index contributed by atoms with van der Waals surface area (Å²) in [6, 6.07) is 9.88. The minimum Gasteiger partial charge on any atom is -0.454 e. The number of hydrogen-bond donors (Lipinski definition) is 2. The number of nitrogens with zero attached hydrogens (tertiary/aromatic N) is 1. The van der Waals surface area contributed by atoms with Crippen LogP contribution in [-0.2, 0) is 0 Å². The van der Waals surface area contributed by atoms with Crippen LogP contribution in [-0.4, -0.2) is 49.7 Å². The zero-order chi connectivity index (χ0) is 19.5. The van der Waals surface area contributed by atoms with Gasteiger partial charge in [-0.05, 0) is 49.4 Å². The predicted octanol–water partition coefficient (Wildman–Crippen LogP) is 2.76. The maximum atomic E-state index is 12.8. The van der Waals surface area contributed by atoms with Gasteiger partial charge in [0, 0.05) is 30.8 Å². The van der Waals surface area contributed by atoms with Crippen LogP contribution in [0.15, 0.2) is 36.4 Å². The molecular weight excluding hydrogens is 382 g/mol. The lowest BCUT2D eigenvalue weighted by atomic mass is 10.1. The molecule has 2 N–H and O–H groups in total. The minimum absolute atomic E-state index is 0.0704. The van der Waals surface area contributed by atoms with Crippen LogP contribution >= 0.6 is 11.6 Å². The van der Waals surface area contributed by atoms with E-state index in [4.69, 9.17) is 21.1 Å². The third-order valence-electron chi connectivity index (χ3n) is 4.72. The Morgan fingerprint density at radius 1 is 1.00 bits per heavy atom. The average molecular weight is 402 g/mol. The molecule has 0 saturated carbocycles. The molecule has 0 unspecified atom stereocenters. The first-order chi connectivity index (χ1) is 13.6. The number of fused-ring (bicyclic) bond motifs is 1. The molecule has 4 rings (SSSR count). The number of anilines is 1. The lowest BCUT2D eigenvalue weighted by molar-refractivity contribution is 0.0766. The molecule has 2 aliphatic heterocycles. The summed E-state index contributed by atoms with van der Waals surface area (Å²) in [5, 5.41) is 6.42. The molecule has 2 amide bonds. The van der Waals surface area contributed by atoms with Gasteiger partial charge in [-0.3, -0.25) is 9.59 Å². The van der Waals surface area contributed by atoms with Crippen molar-refractivity contribution in [1.29, 1.82) is 0 Å². The molecule has 1 saturated heterocycles. The van der Waals surface area contributed by atoms with Crippen molar-refractivity contribution < 1.29 is 19.1 Å². The van der Waals surface area contributed by atoms with Crippen molar-refractivity contribution in [3.8, 4) is 11.5 Å². The molecule has 0 bridgehead atoms.